The molecule has 1 aliphatic heterocycles. The van der Waals surface area contributed by atoms with Gasteiger partial charge in [-0.15, -0.1) is 5.10 Å². The van der Waals surface area contributed by atoms with Crippen molar-refractivity contribution in [1.82, 2.24) is 15.5 Å². The number of hydrogen-bond acceptors (Lipinski definition) is 5. The number of anilines is 1. The Labute approximate surface area is 117 Å². The first kappa shape index (κ1) is 14.5. The van der Waals surface area contributed by atoms with Crippen LogP contribution < -0.4 is 10.2 Å². The molecule has 1 N–H and O–H groups in total. The van der Waals surface area contributed by atoms with Crippen LogP contribution in [0, 0.1) is 0 Å². The van der Waals surface area contributed by atoms with E-state index in [0.29, 0.717) is 12.4 Å². The third kappa shape index (κ3) is 3.79. The third-order valence-electron chi connectivity index (χ3n) is 2.83. The zero-order chi connectivity index (χ0) is 14.8. The quantitative estimate of drug-likeness (QED) is 0.891. The lowest BCUT2D eigenvalue weighted by atomic mass is 10.2. The van der Waals surface area contributed by atoms with Crippen LogP contribution in [0.4, 0.5) is 15.0 Å². The van der Waals surface area contributed by atoms with Crippen LogP contribution in [0.5, 0.6) is 0 Å². The number of alkyl halides is 1. The van der Waals surface area contributed by atoms with E-state index in [1.807, 2.05) is 0 Å². The van der Waals surface area contributed by atoms with Crippen molar-refractivity contribution in [3.8, 4) is 0 Å². The highest BCUT2D eigenvalue weighted by molar-refractivity contribution is 5.68. The number of nitrogens with one attached hydrogen (secondary N) is 1. The molecule has 1 aliphatic rings. The number of rotatable bonds is 2. The summed E-state index contributed by atoms with van der Waals surface area (Å²) in [5, 5.41) is 10.3. The molecule has 7 heteroatoms. The summed E-state index contributed by atoms with van der Waals surface area (Å²) in [5.41, 5.74) is -0.598. The number of amides is 1. The molecule has 2 rings (SSSR count). The van der Waals surface area contributed by atoms with Gasteiger partial charge in [-0.25, -0.2) is 9.18 Å². The fraction of sp³-hybridized carbons (Fsp3) is 0.615. The normalized spacial score (nSPS) is 22.7. The van der Waals surface area contributed by atoms with Gasteiger partial charge in [-0.05, 0) is 32.9 Å². The molecule has 2 heterocycles. The SMILES string of the molecule is CC(C)(C)OC(=O)N[C@H]1CN(c2cccnn2)C[C@@H]1F. The molecule has 110 valence electrons. The van der Waals surface area contributed by atoms with Gasteiger partial charge in [0, 0.05) is 12.7 Å². The van der Waals surface area contributed by atoms with Gasteiger partial charge in [-0.3, -0.25) is 0 Å². The molecule has 1 saturated heterocycles. The summed E-state index contributed by atoms with van der Waals surface area (Å²) in [4.78, 5) is 13.4. The number of hydrogen-bond donors (Lipinski definition) is 1. The highest BCUT2D eigenvalue weighted by Gasteiger charge is 2.35. The van der Waals surface area contributed by atoms with E-state index < -0.39 is 23.9 Å². The Morgan fingerprint density at radius 3 is 2.85 bits per heavy atom. The summed E-state index contributed by atoms with van der Waals surface area (Å²) in [5.74, 6) is 0.601. The molecular weight excluding hydrogens is 263 g/mol. The standard InChI is InChI=1S/C13H19FN4O2/c1-13(2,3)20-12(19)16-10-8-18(7-9(10)14)11-5-4-6-15-17-11/h4-6,9-10H,7-8H2,1-3H3,(H,16,19)/t9-,10-/m0/s1. The molecule has 1 fully saturated rings. The second-order valence-electron chi connectivity index (χ2n) is 5.76. The fourth-order valence-electron chi connectivity index (χ4n) is 2.01. The van der Waals surface area contributed by atoms with Crippen LogP contribution in [0.3, 0.4) is 0 Å². The molecule has 1 amide bonds. The molecule has 0 aliphatic carbocycles. The summed E-state index contributed by atoms with van der Waals surface area (Å²) in [6.45, 7) is 5.82. The van der Waals surface area contributed by atoms with Crippen molar-refractivity contribution in [3.63, 3.8) is 0 Å². The third-order valence-corrected chi connectivity index (χ3v) is 2.83. The number of carbonyl (C=O) groups excluding carboxylic acids is 1. The van der Waals surface area contributed by atoms with E-state index in [1.165, 1.54) is 0 Å². The van der Waals surface area contributed by atoms with Crippen molar-refractivity contribution in [2.75, 3.05) is 18.0 Å². The zero-order valence-electron chi connectivity index (χ0n) is 11.8. The van der Waals surface area contributed by atoms with Crippen molar-refractivity contribution in [2.45, 2.75) is 38.6 Å². The van der Waals surface area contributed by atoms with Crippen molar-refractivity contribution < 1.29 is 13.9 Å². The summed E-state index contributed by atoms with van der Waals surface area (Å²) in [6, 6.07) is 2.90. The smallest absolute Gasteiger partial charge is 0.408 e. The number of halogens is 1. The van der Waals surface area contributed by atoms with Crippen LogP contribution in [0.2, 0.25) is 0 Å². The Hall–Kier alpha value is -1.92. The fourth-order valence-corrected chi connectivity index (χ4v) is 2.01. The summed E-state index contributed by atoms with van der Waals surface area (Å²) < 4.78 is 19.1. The molecule has 1 aromatic rings. The highest BCUT2D eigenvalue weighted by Crippen LogP contribution is 2.20. The predicted octanol–water partition coefficient (Wildman–Crippen LogP) is 1.53. The number of alkyl carbamates (subject to hydrolysis) is 1. The van der Waals surface area contributed by atoms with Gasteiger partial charge in [-0.2, -0.15) is 5.10 Å². The van der Waals surface area contributed by atoms with E-state index in [1.54, 1.807) is 44.0 Å². The van der Waals surface area contributed by atoms with Crippen molar-refractivity contribution >= 4 is 11.9 Å². The molecule has 0 bridgehead atoms. The number of nitrogens with zero attached hydrogens (tertiary/aromatic N) is 3. The summed E-state index contributed by atoms with van der Waals surface area (Å²) in [7, 11) is 0. The van der Waals surface area contributed by atoms with E-state index >= 15 is 0 Å². The molecule has 0 spiro atoms. The Bertz CT molecular complexity index is 463. The van der Waals surface area contributed by atoms with Crippen LogP contribution in [0.1, 0.15) is 20.8 Å². The Morgan fingerprint density at radius 1 is 1.50 bits per heavy atom. The second kappa shape index (κ2) is 5.60. The van der Waals surface area contributed by atoms with E-state index in [-0.39, 0.29) is 6.54 Å². The van der Waals surface area contributed by atoms with Crippen molar-refractivity contribution in [2.24, 2.45) is 0 Å². The second-order valence-corrected chi connectivity index (χ2v) is 5.76. The van der Waals surface area contributed by atoms with Gasteiger partial charge in [0.25, 0.3) is 0 Å². The average Bonchev–Trinajstić information content (AvgIpc) is 2.70. The molecule has 20 heavy (non-hydrogen) atoms. The van der Waals surface area contributed by atoms with Crippen LogP contribution in [-0.4, -0.2) is 47.2 Å². The minimum absolute atomic E-state index is 0.180. The van der Waals surface area contributed by atoms with E-state index in [2.05, 4.69) is 15.5 Å². The maximum atomic E-state index is 14.0. The zero-order valence-corrected chi connectivity index (χ0v) is 11.8. The average molecular weight is 282 g/mol. The Kier molecular flexibility index (Phi) is 4.06. The number of carbonyl (C=O) groups is 1. The number of aromatic nitrogens is 2. The molecule has 2 atom stereocenters. The van der Waals surface area contributed by atoms with Gasteiger partial charge < -0.3 is 15.0 Å². The van der Waals surface area contributed by atoms with Gasteiger partial charge >= 0.3 is 6.09 Å². The van der Waals surface area contributed by atoms with E-state index in [4.69, 9.17) is 4.74 Å². The molecular formula is C13H19FN4O2. The predicted molar refractivity (Wildman–Crippen MR) is 72.3 cm³/mol. The molecule has 0 unspecified atom stereocenters. The first-order valence-corrected chi connectivity index (χ1v) is 6.51. The van der Waals surface area contributed by atoms with Crippen LogP contribution >= 0.6 is 0 Å². The molecule has 0 aromatic carbocycles. The topological polar surface area (TPSA) is 67.3 Å². The minimum Gasteiger partial charge on any atom is -0.444 e. The lowest BCUT2D eigenvalue weighted by Crippen LogP contribution is -2.44. The molecule has 0 radical (unpaired) electrons. The largest absolute Gasteiger partial charge is 0.444 e. The Balaban J connectivity index is 1.93. The van der Waals surface area contributed by atoms with Gasteiger partial charge in [0.15, 0.2) is 5.82 Å². The monoisotopic (exact) mass is 282 g/mol. The molecule has 1 aromatic heterocycles. The van der Waals surface area contributed by atoms with Crippen LogP contribution in [0.15, 0.2) is 18.3 Å². The van der Waals surface area contributed by atoms with E-state index in [0.717, 1.165) is 0 Å². The van der Waals surface area contributed by atoms with Gasteiger partial charge in [0.2, 0.25) is 0 Å². The highest BCUT2D eigenvalue weighted by atomic mass is 19.1. The van der Waals surface area contributed by atoms with Gasteiger partial charge in [-0.1, -0.05) is 0 Å². The summed E-state index contributed by atoms with van der Waals surface area (Å²) >= 11 is 0. The Morgan fingerprint density at radius 2 is 2.25 bits per heavy atom. The van der Waals surface area contributed by atoms with Crippen molar-refractivity contribution in [3.05, 3.63) is 18.3 Å². The van der Waals surface area contributed by atoms with Crippen molar-refractivity contribution in [1.29, 1.82) is 0 Å². The minimum atomic E-state index is -1.16. The molecule has 6 nitrogen and oxygen atoms in total. The van der Waals surface area contributed by atoms with E-state index in [9.17, 15) is 9.18 Å². The van der Waals surface area contributed by atoms with Crippen LogP contribution in [0.25, 0.3) is 0 Å². The van der Waals surface area contributed by atoms with Crippen LogP contribution in [-0.2, 0) is 4.74 Å². The lowest BCUT2D eigenvalue weighted by molar-refractivity contribution is 0.0490. The summed E-state index contributed by atoms with van der Waals surface area (Å²) in [6.07, 6.45) is -0.209. The maximum Gasteiger partial charge on any atom is 0.408 e. The first-order valence-electron chi connectivity index (χ1n) is 6.51. The first-order chi connectivity index (χ1) is 9.35. The van der Waals surface area contributed by atoms with Gasteiger partial charge in [0.05, 0.1) is 12.6 Å². The molecule has 0 saturated carbocycles. The number of ether oxygens (including phenoxy) is 1. The van der Waals surface area contributed by atoms with Gasteiger partial charge in [0.1, 0.15) is 11.8 Å². The maximum absolute atomic E-state index is 14.0. The lowest BCUT2D eigenvalue weighted by Gasteiger charge is -2.22.